The Hall–Kier alpha value is -2.68. The van der Waals surface area contributed by atoms with Crippen molar-refractivity contribution in [1.29, 1.82) is 0 Å². The van der Waals surface area contributed by atoms with Crippen LogP contribution in [0.4, 0.5) is 0 Å². The number of nitrogens with zero attached hydrogens (tertiary/aromatic N) is 2. The molecule has 1 aliphatic heterocycles. The topological polar surface area (TPSA) is 121 Å². The molecule has 1 amide bonds. The van der Waals surface area contributed by atoms with Crippen LogP contribution in [-0.2, 0) is 27.7 Å². The number of fused-ring (bicyclic) bond motifs is 1. The predicted octanol–water partition coefficient (Wildman–Crippen LogP) is -0.270. The van der Waals surface area contributed by atoms with Crippen molar-refractivity contribution in [3.8, 4) is 11.1 Å². The summed E-state index contributed by atoms with van der Waals surface area (Å²) in [6.07, 6.45) is 0.104. The molecule has 0 unspecified atom stereocenters. The zero-order chi connectivity index (χ0) is 18.2. The maximum absolute atomic E-state index is 12.9. The van der Waals surface area contributed by atoms with E-state index in [1.807, 2.05) is 0 Å². The molecule has 2 aromatic rings. The molecule has 1 aromatic heterocycles. The van der Waals surface area contributed by atoms with Crippen LogP contribution in [0.3, 0.4) is 0 Å². The third kappa shape index (κ3) is 3.02. The summed E-state index contributed by atoms with van der Waals surface area (Å²) in [5.41, 5.74) is 4.03. The van der Waals surface area contributed by atoms with Crippen LogP contribution in [0.2, 0.25) is 0 Å². The zero-order valence-corrected chi connectivity index (χ0v) is 14.2. The lowest BCUT2D eigenvalue weighted by Crippen LogP contribution is -2.45. The number of amides is 1. The Morgan fingerprint density at radius 3 is 2.48 bits per heavy atom. The molecule has 25 heavy (non-hydrogen) atoms. The second-order valence-corrected chi connectivity index (χ2v) is 7.85. The van der Waals surface area contributed by atoms with Crippen LogP contribution < -0.4 is 17.0 Å². The maximum atomic E-state index is 12.9. The first-order valence-corrected chi connectivity index (χ1v) is 9.42. The fraction of sp³-hybridized carbons (Fsp3) is 0.312. The van der Waals surface area contributed by atoms with E-state index in [2.05, 4.69) is 0 Å². The van der Waals surface area contributed by atoms with Gasteiger partial charge in [-0.15, -0.1) is 0 Å². The number of rotatable bonds is 4. The number of benzene rings is 1. The molecule has 0 radical (unpaired) electrons. The van der Waals surface area contributed by atoms with Crippen molar-refractivity contribution >= 4 is 15.7 Å². The monoisotopic (exact) mass is 363 g/mol. The third-order valence-electron chi connectivity index (χ3n) is 4.11. The fourth-order valence-corrected chi connectivity index (χ4v) is 4.71. The minimum absolute atomic E-state index is 0.0376. The first-order chi connectivity index (χ1) is 11.8. The van der Waals surface area contributed by atoms with E-state index < -0.39 is 27.0 Å². The summed E-state index contributed by atoms with van der Waals surface area (Å²) in [6, 6.07) is 8.33. The van der Waals surface area contributed by atoms with Gasteiger partial charge < -0.3 is 5.73 Å². The highest BCUT2D eigenvalue weighted by molar-refractivity contribution is 7.91. The zero-order valence-electron chi connectivity index (χ0n) is 13.3. The van der Waals surface area contributed by atoms with Crippen molar-refractivity contribution in [1.82, 2.24) is 9.13 Å². The molecular weight excluding hydrogens is 346 g/mol. The molecule has 1 aromatic carbocycles. The van der Waals surface area contributed by atoms with E-state index in [0.717, 1.165) is 9.13 Å². The van der Waals surface area contributed by atoms with Crippen molar-refractivity contribution in [3.05, 3.63) is 51.2 Å². The lowest BCUT2D eigenvalue weighted by Gasteiger charge is -2.22. The van der Waals surface area contributed by atoms with E-state index in [9.17, 15) is 22.8 Å². The van der Waals surface area contributed by atoms with Gasteiger partial charge in [-0.1, -0.05) is 30.3 Å². The molecular formula is C16H17N3O5S. The van der Waals surface area contributed by atoms with Crippen molar-refractivity contribution < 1.29 is 13.2 Å². The molecule has 3 rings (SSSR count). The standard InChI is InChI=1S/C16H17N3O5S/c17-12(20)7-9-18-14(21)13(11-5-2-1-3-6-11)15-19(16(18)22)8-4-10-25(15,23)24/h1-3,5-6H,4,7-10H2,(H2,17,20). The van der Waals surface area contributed by atoms with Crippen molar-refractivity contribution in [2.75, 3.05) is 5.75 Å². The Bertz CT molecular complexity index is 1050. The Balaban J connectivity index is 2.39. The summed E-state index contributed by atoms with van der Waals surface area (Å²) >= 11 is 0. The maximum Gasteiger partial charge on any atom is 0.332 e. The Morgan fingerprint density at radius 2 is 1.84 bits per heavy atom. The van der Waals surface area contributed by atoms with Gasteiger partial charge in [-0.25, -0.2) is 13.2 Å². The summed E-state index contributed by atoms with van der Waals surface area (Å²) in [5.74, 6) is -0.764. The van der Waals surface area contributed by atoms with Gasteiger partial charge in [0.1, 0.15) is 0 Å². The Morgan fingerprint density at radius 1 is 1.16 bits per heavy atom. The van der Waals surface area contributed by atoms with Crippen molar-refractivity contribution in [2.45, 2.75) is 31.0 Å². The molecule has 8 nitrogen and oxygen atoms in total. The first-order valence-electron chi connectivity index (χ1n) is 7.77. The highest BCUT2D eigenvalue weighted by Crippen LogP contribution is 2.27. The van der Waals surface area contributed by atoms with Gasteiger partial charge in [-0.2, -0.15) is 0 Å². The largest absolute Gasteiger partial charge is 0.370 e. The van der Waals surface area contributed by atoms with Crippen LogP contribution in [0.1, 0.15) is 12.8 Å². The second kappa shape index (κ2) is 6.32. The average Bonchev–Trinajstić information content (AvgIpc) is 2.56. The Labute approximate surface area is 143 Å². The summed E-state index contributed by atoms with van der Waals surface area (Å²) in [7, 11) is -3.76. The number of aromatic nitrogens is 2. The second-order valence-electron chi connectivity index (χ2n) is 5.83. The van der Waals surface area contributed by atoms with Crippen LogP contribution in [-0.4, -0.2) is 29.2 Å². The molecule has 2 N–H and O–H groups in total. The summed E-state index contributed by atoms with van der Waals surface area (Å²) in [4.78, 5) is 36.6. The number of nitrogens with two attached hydrogens (primary N) is 1. The quantitative estimate of drug-likeness (QED) is 0.750. The molecule has 9 heteroatoms. The number of primary amides is 1. The average molecular weight is 363 g/mol. The van der Waals surface area contributed by atoms with E-state index in [1.165, 1.54) is 0 Å². The highest BCUT2D eigenvalue weighted by atomic mass is 32.2. The van der Waals surface area contributed by atoms with Gasteiger partial charge in [-0.05, 0) is 12.0 Å². The van der Waals surface area contributed by atoms with Crippen LogP contribution >= 0.6 is 0 Å². The summed E-state index contributed by atoms with van der Waals surface area (Å²) in [6.45, 7) is 0.0112. The number of sulfone groups is 1. The molecule has 0 spiro atoms. The minimum Gasteiger partial charge on any atom is -0.370 e. The van der Waals surface area contributed by atoms with Gasteiger partial charge in [0.05, 0.1) is 11.3 Å². The molecule has 0 bridgehead atoms. The van der Waals surface area contributed by atoms with Crippen molar-refractivity contribution in [2.24, 2.45) is 5.73 Å². The number of hydrogen-bond donors (Lipinski definition) is 1. The highest BCUT2D eigenvalue weighted by Gasteiger charge is 2.32. The van der Waals surface area contributed by atoms with Gasteiger partial charge in [0.15, 0.2) is 14.9 Å². The Kier molecular flexibility index (Phi) is 4.34. The first kappa shape index (κ1) is 17.2. The fourth-order valence-electron chi connectivity index (χ4n) is 2.98. The molecule has 132 valence electrons. The van der Waals surface area contributed by atoms with Gasteiger partial charge in [0, 0.05) is 19.5 Å². The van der Waals surface area contributed by atoms with E-state index >= 15 is 0 Å². The van der Waals surface area contributed by atoms with E-state index in [0.29, 0.717) is 5.56 Å². The van der Waals surface area contributed by atoms with E-state index in [-0.39, 0.29) is 42.3 Å². The van der Waals surface area contributed by atoms with Crippen LogP contribution in [0.25, 0.3) is 11.1 Å². The van der Waals surface area contributed by atoms with Crippen LogP contribution in [0.15, 0.2) is 44.9 Å². The lowest BCUT2D eigenvalue weighted by atomic mass is 10.1. The van der Waals surface area contributed by atoms with E-state index in [4.69, 9.17) is 5.73 Å². The minimum atomic E-state index is -3.76. The molecule has 0 atom stereocenters. The van der Waals surface area contributed by atoms with Gasteiger partial charge in [0.25, 0.3) is 5.56 Å². The summed E-state index contributed by atoms with van der Waals surface area (Å²) in [5, 5.41) is -0.240. The van der Waals surface area contributed by atoms with Crippen LogP contribution in [0.5, 0.6) is 0 Å². The number of hydrogen-bond acceptors (Lipinski definition) is 5. The molecule has 2 heterocycles. The third-order valence-corrected chi connectivity index (χ3v) is 5.95. The molecule has 0 saturated carbocycles. The van der Waals surface area contributed by atoms with E-state index in [1.54, 1.807) is 30.3 Å². The molecule has 0 saturated heterocycles. The van der Waals surface area contributed by atoms with Crippen molar-refractivity contribution in [3.63, 3.8) is 0 Å². The van der Waals surface area contributed by atoms with Gasteiger partial charge in [-0.3, -0.25) is 18.7 Å². The van der Waals surface area contributed by atoms with Gasteiger partial charge in [0.2, 0.25) is 5.91 Å². The number of carbonyl (C=O) groups is 1. The summed E-state index contributed by atoms with van der Waals surface area (Å²) < 4.78 is 27.1. The SMILES string of the molecule is NC(=O)CCn1c(=O)c(-c2ccccc2)c2n(c1=O)CCCS2(=O)=O. The smallest absolute Gasteiger partial charge is 0.332 e. The predicted molar refractivity (Wildman–Crippen MR) is 90.9 cm³/mol. The van der Waals surface area contributed by atoms with Gasteiger partial charge >= 0.3 is 5.69 Å². The van der Waals surface area contributed by atoms with Crippen LogP contribution in [0, 0.1) is 0 Å². The normalized spacial score (nSPS) is 15.5. The number of carbonyl (C=O) groups excluding carboxylic acids is 1. The molecule has 1 aliphatic rings. The molecule has 0 aliphatic carbocycles. The lowest BCUT2D eigenvalue weighted by molar-refractivity contribution is -0.118. The molecule has 0 fully saturated rings.